The fourth-order valence-corrected chi connectivity index (χ4v) is 5.46. The summed E-state index contributed by atoms with van der Waals surface area (Å²) in [6.45, 7) is 5.72. The summed E-state index contributed by atoms with van der Waals surface area (Å²) in [5.74, 6) is 0.201. The molecule has 0 spiro atoms. The van der Waals surface area contributed by atoms with Gasteiger partial charge in [0.1, 0.15) is 19.0 Å². The third-order valence-electron chi connectivity index (χ3n) is 8.32. The molecule has 2 N–H and O–H groups in total. The van der Waals surface area contributed by atoms with E-state index in [-0.39, 0.29) is 38.8 Å². The van der Waals surface area contributed by atoms with E-state index in [4.69, 9.17) is 25.8 Å². The number of nitrogens with one attached hydrogen (secondary N) is 2. The molecule has 3 amide bonds. The van der Waals surface area contributed by atoms with Gasteiger partial charge in [0, 0.05) is 18.1 Å². The number of ether oxygens (including phenoxy) is 3. The van der Waals surface area contributed by atoms with E-state index in [0.29, 0.717) is 23.9 Å². The second-order valence-electron chi connectivity index (χ2n) is 12.6. The van der Waals surface area contributed by atoms with Crippen LogP contribution in [-0.2, 0) is 14.3 Å². The Kier molecular flexibility index (Phi) is 28.5. The molecule has 0 aliphatic carbocycles. The molecule has 0 saturated heterocycles. The number of nitrogens with zero attached hydrogens (tertiary/aromatic N) is 1. The fourth-order valence-electron chi connectivity index (χ4n) is 5.33. The molecule has 0 aromatic heterocycles. The van der Waals surface area contributed by atoms with E-state index in [1.54, 1.807) is 24.3 Å². The molecule has 0 unspecified atom stereocenters. The highest BCUT2D eigenvalue weighted by Crippen LogP contribution is 2.16. The van der Waals surface area contributed by atoms with Crippen molar-refractivity contribution >= 4 is 29.7 Å². The van der Waals surface area contributed by atoms with Gasteiger partial charge in [0.2, 0.25) is 0 Å². The minimum absolute atomic E-state index is 0.0154. The second-order valence-corrected chi connectivity index (χ2v) is 13.0. The summed E-state index contributed by atoms with van der Waals surface area (Å²) in [5, 5.41) is 6.15. The first kappa shape index (κ1) is 43.3. The van der Waals surface area contributed by atoms with Gasteiger partial charge in [0.15, 0.2) is 6.61 Å². The molecular weight excluding hydrogens is 630 g/mol. The maximum atomic E-state index is 13.0. The lowest BCUT2D eigenvalue weighted by Gasteiger charge is -2.22. The van der Waals surface area contributed by atoms with Crippen LogP contribution in [0.2, 0.25) is 5.02 Å². The van der Waals surface area contributed by atoms with Gasteiger partial charge in [0.05, 0.1) is 13.1 Å². The predicted molar refractivity (Wildman–Crippen MR) is 196 cm³/mol. The van der Waals surface area contributed by atoms with E-state index >= 15 is 0 Å². The number of carbonyl (C=O) groups is 3. The van der Waals surface area contributed by atoms with E-state index in [2.05, 4.69) is 24.5 Å². The predicted octanol–water partition coefficient (Wildman–Crippen LogP) is 9.84. The largest absolute Gasteiger partial charge is 0.484 e. The number of rotatable bonds is 31. The fraction of sp³-hybridized carbons (Fsp3) is 0.763. The average molecular weight is 696 g/mol. The Morgan fingerprint density at radius 1 is 0.583 bits per heavy atom. The summed E-state index contributed by atoms with van der Waals surface area (Å²) >= 11 is 5.93. The van der Waals surface area contributed by atoms with E-state index in [9.17, 15) is 14.4 Å². The van der Waals surface area contributed by atoms with Crippen LogP contribution < -0.4 is 15.4 Å². The van der Waals surface area contributed by atoms with Crippen molar-refractivity contribution in [1.82, 2.24) is 15.5 Å². The van der Waals surface area contributed by atoms with Gasteiger partial charge in [-0.15, -0.1) is 0 Å². The molecule has 0 saturated carbocycles. The quantitative estimate of drug-likeness (QED) is 0.0749. The Balaban J connectivity index is 2.28. The number of alkyl carbamates (subject to hydrolysis) is 2. The Morgan fingerprint density at radius 2 is 0.958 bits per heavy atom. The Labute approximate surface area is 296 Å². The highest BCUT2D eigenvalue weighted by Gasteiger charge is 2.16. The van der Waals surface area contributed by atoms with Crippen molar-refractivity contribution in [2.75, 3.05) is 46.0 Å². The van der Waals surface area contributed by atoms with Gasteiger partial charge < -0.3 is 29.7 Å². The third-order valence-corrected chi connectivity index (χ3v) is 8.57. The number of halogens is 1. The number of hydrogen-bond acceptors (Lipinski definition) is 6. The lowest BCUT2D eigenvalue weighted by Crippen LogP contribution is -2.41. The summed E-state index contributed by atoms with van der Waals surface area (Å²) in [5.41, 5.74) is 0. The van der Waals surface area contributed by atoms with E-state index in [0.717, 1.165) is 25.7 Å². The van der Waals surface area contributed by atoms with Crippen LogP contribution in [0.4, 0.5) is 9.59 Å². The molecule has 276 valence electrons. The normalized spacial score (nSPS) is 10.8. The van der Waals surface area contributed by atoms with Gasteiger partial charge in [-0.2, -0.15) is 0 Å². The zero-order valence-electron chi connectivity index (χ0n) is 30.2. The molecule has 0 bridgehead atoms. The van der Waals surface area contributed by atoms with E-state index in [1.165, 1.54) is 108 Å². The van der Waals surface area contributed by atoms with Crippen molar-refractivity contribution in [3.63, 3.8) is 0 Å². The number of hydrogen-bond donors (Lipinski definition) is 2. The highest BCUT2D eigenvalue weighted by atomic mass is 35.5. The van der Waals surface area contributed by atoms with Crippen LogP contribution in [0, 0.1) is 0 Å². The van der Waals surface area contributed by atoms with Crippen LogP contribution in [0.3, 0.4) is 0 Å². The lowest BCUT2D eigenvalue weighted by molar-refractivity contribution is -0.134. The first-order valence-corrected chi connectivity index (χ1v) is 19.3. The summed E-state index contributed by atoms with van der Waals surface area (Å²) < 4.78 is 16.3. The molecule has 9 nitrogen and oxygen atoms in total. The monoisotopic (exact) mass is 695 g/mol. The Hall–Kier alpha value is -2.68. The van der Waals surface area contributed by atoms with Gasteiger partial charge in [-0.1, -0.05) is 141 Å². The Morgan fingerprint density at radius 3 is 1.35 bits per heavy atom. The third kappa shape index (κ3) is 26.3. The van der Waals surface area contributed by atoms with Gasteiger partial charge in [-0.05, 0) is 37.1 Å². The van der Waals surface area contributed by atoms with E-state index < -0.39 is 12.2 Å². The minimum atomic E-state index is -0.502. The molecule has 10 heteroatoms. The number of benzene rings is 1. The zero-order chi connectivity index (χ0) is 34.9. The number of amides is 3. The molecule has 0 aliphatic heterocycles. The van der Waals surface area contributed by atoms with Crippen LogP contribution in [0.1, 0.15) is 142 Å². The Bertz CT molecular complexity index is 890. The van der Waals surface area contributed by atoms with Crippen molar-refractivity contribution in [1.29, 1.82) is 0 Å². The molecule has 1 aromatic rings. The lowest BCUT2D eigenvalue weighted by atomic mass is 10.1. The molecule has 1 aromatic carbocycles. The highest BCUT2D eigenvalue weighted by molar-refractivity contribution is 6.30. The molecular formula is C38H66ClN3O6. The van der Waals surface area contributed by atoms with Crippen LogP contribution in [0.25, 0.3) is 0 Å². The standard InChI is InChI=1S/C38H66ClN3O6/c1-3-5-7-9-11-13-15-17-19-21-27-40-37(44)46-31-29-42(36(43)33-48-35-25-23-34(39)24-26-35)30-32-47-38(45)41-28-22-20-18-16-14-12-10-8-6-4-2/h23-26H,3-22,27-33H2,1-2H3,(H,40,44)(H,41,45). The van der Waals surface area contributed by atoms with Crippen LogP contribution >= 0.6 is 11.6 Å². The van der Waals surface area contributed by atoms with Gasteiger partial charge >= 0.3 is 12.2 Å². The molecule has 0 heterocycles. The maximum Gasteiger partial charge on any atom is 0.407 e. The van der Waals surface area contributed by atoms with Crippen LogP contribution in [0.15, 0.2) is 24.3 Å². The number of carbonyl (C=O) groups excluding carboxylic acids is 3. The summed E-state index contributed by atoms with van der Waals surface area (Å²) in [6, 6.07) is 6.74. The molecule has 48 heavy (non-hydrogen) atoms. The van der Waals surface area contributed by atoms with Crippen molar-refractivity contribution < 1.29 is 28.6 Å². The second kappa shape index (κ2) is 31.6. The first-order valence-electron chi connectivity index (χ1n) is 18.9. The summed E-state index contributed by atoms with van der Waals surface area (Å²) in [6.07, 6.45) is 23.6. The van der Waals surface area contributed by atoms with Gasteiger partial charge in [-0.3, -0.25) is 4.79 Å². The average Bonchev–Trinajstić information content (AvgIpc) is 3.08. The van der Waals surface area contributed by atoms with Crippen molar-refractivity contribution in [2.45, 2.75) is 142 Å². The molecule has 0 aliphatic rings. The topological polar surface area (TPSA) is 106 Å². The number of unbranched alkanes of at least 4 members (excludes halogenated alkanes) is 18. The molecule has 0 radical (unpaired) electrons. The summed E-state index contributed by atoms with van der Waals surface area (Å²) in [7, 11) is 0. The van der Waals surface area contributed by atoms with Crippen molar-refractivity contribution in [3.8, 4) is 5.75 Å². The molecule has 0 fully saturated rings. The summed E-state index contributed by atoms with van der Waals surface area (Å²) in [4.78, 5) is 38.8. The van der Waals surface area contributed by atoms with Gasteiger partial charge in [-0.25, -0.2) is 9.59 Å². The molecule has 0 atom stereocenters. The van der Waals surface area contributed by atoms with E-state index in [1.807, 2.05) is 0 Å². The SMILES string of the molecule is CCCCCCCCCCCCNC(=O)OCCN(CCOC(=O)NCCCCCCCCCCCC)C(=O)COc1ccc(Cl)cc1. The smallest absolute Gasteiger partial charge is 0.407 e. The minimum Gasteiger partial charge on any atom is -0.484 e. The first-order chi connectivity index (χ1) is 23.5. The van der Waals surface area contributed by atoms with Gasteiger partial charge in [0.25, 0.3) is 5.91 Å². The van der Waals surface area contributed by atoms with Crippen molar-refractivity contribution in [3.05, 3.63) is 29.3 Å². The van der Waals surface area contributed by atoms with Crippen molar-refractivity contribution in [2.24, 2.45) is 0 Å². The van der Waals surface area contributed by atoms with Crippen LogP contribution in [-0.4, -0.2) is 69.0 Å². The molecule has 1 rings (SSSR count). The van der Waals surface area contributed by atoms with Crippen LogP contribution in [0.5, 0.6) is 5.75 Å². The zero-order valence-corrected chi connectivity index (χ0v) is 30.9. The maximum absolute atomic E-state index is 13.0.